The highest BCUT2D eigenvalue weighted by Gasteiger charge is 2.00. The smallest absolute Gasteiger partial charge is 0.0109 e. The molecule has 0 atom stereocenters. The highest BCUT2D eigenvalue weighted by molar-refractivity contribution is 5.92. The average molecular weight is 192 g/mol. The molecule has 0 aliphatic carbocycles. The number of rotatable bonds is 1. The van der Waals surface area contributed by atoms with Crippen molar-refractivity contribution in [3.8, 4) is 12.3 Å². The Labute approximate surface area is 90.2 Å². The summed E-state index contributed by atoms with van der Waals surface area (Å²) in [4.78, 5) is 0. The molecule has 2 aromatic carbocycles. The molecule has 0 bridgehead atoms. The molecule has 0 aliphatic rings. The molecule has 0 unspecified atom stereocenters. The number of hydrogen-bond donors (Lipinski definition) is 0. The summed E-state index contributed by atoms with van der Waals surface area (Å²) in [5.41, 5.74) is 2.46. The quantitative estimate of drug-likeness (QED) is 0.603. The van der Waals surface area contributed by atoms with E-state index in [9.17, 15) is 0 Å². The third-order valence-corrected chi connectivity index (χ3v) is 2.53. The van der Waals surface area contributed by atoms with Crippen LogP contribution in [0.3, 0.4) is 0 Å². The Kier molecular flexibility index (Phi) is 2.56. The van der Waals surface area contributed by atoms with E-state index in [0.29, 0.717) is 0 Å². The van der Waals surface area contributed by atoms with Gasteiger partial charge < -0.3 is 0 Å². The van der Waals surface area contributed by atoms with Gasteiger partial charge in [0.2, 0.25) is 0 Å². The van der Waals surface area contributed by atoms with Crippen molar-refractivity contribution in [1.82, 2.24) is 0 Å². The number of fused-ring (bicyclic) bond motifs is 1. The summed E-state index contributed by atoms with van der Waals surface area (Å²) in [6.45, 7) is 2.10. The van der Waals surface area contributed by atoms with Gasteiger partial charge in [-0.15, -0.1) is 6.42 Å². The minimum atomic E-state index is 1.21. The Hall–Kier alpha value is -2.00. The monoisotopic (exact) mass is 192 g/mol. The zero-order chi connectivity index (χ0) is 10.7. The highest BCUT2D eigenvalue weighted by atomic mass is 14.0. The first-order valence-corrected chi connectivity index (χ1v) is 4.94. The number of allylic oxidation sites excluding steroid dienone is 1. The Morgan fingerprint density at radius 1 is 1.13 bits per heavy atom. The van der Waals surface area contributed by atoms with E-state index in [1.807, 2.05) is 12.1 Å². The second-order valence-electron chi connectivity index (χ2n) is 3.52. The summed E-state index contributed by atoms with van der Waals surface area (Å²) in [5, 5.41) is 2.50. The largest absolute Gasteiger partial charge is 0.115 e. The molecule has 2 aromatic rings. The highest BCUT2D eigenvalue weighted by Crippen LogP contribution is 2.23. The molecule has 0 aromatic heterocycles. The molecule has 72 valence electrons. The predicted molar refractivity (Wildman–Crippen MR) is 66.6 cm³/mol. The van der Waals surface area contributed by atoms with Crippen molar-refractivity contribution in [2.75, 3.05) is 0 Å². The lowest BCUT2D eigenvalue weighted by atomic mass is 9.99. The van der Waals surface area contributed by atoms with Gasteiger partial charge in [-0.25, -0.2) is 0 Å². The fourth-order valence-electron chi connectivity index (χ4n) is 1.76. The summed E-state index contributed by atoms with van der Waals surface area (Å²) < 4.78 is 0. The van der Waals surface area contributed by atoms with Crippen molar-refractivity contribution < 1.29 is 0 Å². The van der Waals surface area contributed by atoms with Crippen molar-refractivity contribution in [3.63, 3.8) is 0 Å². The van der Waals surface area contributed by atoms with Crippen LogP contribution in [0.25, 0.3) is 16.8 Å². The van der Waals surface area contributed by atoms with Gasteiger partial charge in [0.05, 0.1) is 0 Å². The van der Waals surface area contributed by atoms with Crippen LogP contribution in [0.5, 0.6) is 0 Å². The number of benzene rings is 2. The number of hydrogen-bond acceptors (Lipinski definition) is 0. The van der Waals surface area contributed by atoms with Crippen molar-refractivity contribution in [1.29, 1.82) is 0 Å². The summed E-state index contributed by atoms with van der Waals surface area (Å²) in [6.07, 6.45) is 8.98. The Morgan fingerprint density at radius 2 is 1.93 bits per heavy atom. The van der Waals surface area contributed by atoms with E-state index in [0.717, 1.165) is 0 Å². The normalized spacial score (nSPS) is 10.7. The molecule has 0 fully saturated rings. The zero-order valence-electron chi connectivity index (χ0n) is 8.70. The summed E-state index contributed by atoms with van der Waals surface area (Å²) in [6, 6.07) is 12.6. The van der Waals surface area contributed by atoms with Crippen LogP contribution in [0.4, 0.5) is 0 Å². The predicted octanol–water partition coefficient (Wildman–Crippen LogP) is 3.79. The van der Waals surface area contributed by atoms with Gasteiger partial charge in [0.1, 0.15) is 0 Å². The van der Waals surface area contributed by atoms with E-state index < -0.39 is 0 Å². The van der Waals surface area contributed by atoms with E-state index in [2.05, 4.69) is 43.2 Å². The standard InChI is InChI=1S/C15H12/c1-3-4-8-14-12(2)10-11-13-7-5-6-9-15(13)14/h1,4-11H,2H3/b8-4-. The minimum absolute atomic E-state index is 1.21. The molecule has 0 radical (unpaired) electrons. The SMILES string of the molecule is C#C/C=C\c1c(C)ccc2ccccc12. The van der Waals surface area contributed by atoms with Crippen LogP contribution in [0.2, 0.25) is 0 Å². The first kappa shape index (κ1) is 9.55. The second-order valence-corrected chi connectivity index (χ2v) is 3.52. The Morgan fingerprint density at radius 3 is 2.73 bits per heavy atom. The first-order valence-electron chi connectivity index (χ1n) is 4.94. The zero-order valence-corrected chi connectivity index (χ0v) is 8.70. The molecule has 0 heteroatoms. The van der Waals surface area contributed by atoms with Crippen molar-refractivity contribution in [2.45, 2.75) is 6.92 Å². The van der Waals surface area contributed by atoms with Crippen molar-refractivity contribution in [2.24, 2.45) is 0 Å². The third-order valence-electron chi connectivity index (χ3n) is 2.53. The fraction of sp³-hybridized carbons (Fsp3) is 0.0667. The topological polar surface area (TPSA) is 0 Å². The van der Waals surface area contributed by atoms with Crippen LogP contribution < -0.4 is 0 Å². The molecular weight excluding hydrogens is 180 g/mol. The van der Waals surface area contributed by atoms with Gasteiger partial charge >= 0.3 is 0 Å². The van der Waals surface area contributed by atoms with Crippen molar-refractivity contribution >= 4 is 16.8 Å². The molecule has 0 saturated carbocycles. The number of aryl methyl sites for hydroxylation is 1. The molecule has 2 rings (SSSR count). The third kappa shape index (κ3) is 1.78. The van der Waals surface area contributed by atoms with Gasteiger partial charge in [0.15, 0.2) is 0 Å². The van der Waals surface area contributed by atoms with Crippen molar-refractivity contribution in [3.05, 3.63) is 53.6 Å². The maximum atomic E-state index is 5.23. The summed E-state index contributed by atoms with van der Waals surface area (Å²) in [7, 11) is 0. The second kappa shape index (κ2) is 4.02. The minimum Gasteiger partial charge on any atom is -0.115 e. The van der Waals surface area contributed by atoms with E-state index in [-0.39, 0.29) is 0 Å². The maximum Gasteiger partial charge on any atom is -0.0109 e. The molecule has 0 aliphatic heterocycles. The van der Waals surface area contributed by atoms with Gasteiger partial charge in [-0.05, 0) is 41.0 Å². The molecule has 0 spiro atoms. The van der Waals surface area contributed by atoms with Gasteiger partial charge in [0, 0.05) is 0 Å². The Balaban J connectivity index is 2.75. The molecule has 0 amide bonds. The summed E-state index contributed by atoms with van der Waals surface area (Å²) >= 11 is 0. The number of terminal acetylenes is 1. The van der Waals surface area contributed by atoms with Crippen LogP contribution >= 0.6 is 0 Å². The van der Waals surface area contributed by atoms with Crippen LogP contribution in [0, 0.1) is 19.3 Å². The van der Waals surface area contributed by atoms with Crippen LogP contribution in [-0.2, 0) is 0 Å². The first-order chi connectivity index (χ1) is 7.33. The molecule has 15 heavy (non-hydrogen) atoms. The van der Waals surface area contributed by atoms with E-state index in [1.165, 1.54) is 21.9 Å². The van der Waals surface area contributed by atoms with E-state index in [4.69, 9.17) is 6.42 Å². The van der Waals surface area contributed by atoms with E-state index >= 15 is 0 Å². The maximum absolute atomic E-state index is 5.23. The van der Waals surface area contributed by atoms with Crippen LogP contribution in [0.1, 0.15) is 11.1 Å². The van der Waals surface area contributed by atoms with Crippen LogP contribution in [-0.4, -0.2) is 0 Å². The van der Waals surface area contributed by atoms with Gasteiger partial charge in [-0.1, -0.05) is 42.3 Å². The summed E-state index contributed by atoms with van der Waals surface area (Å²) in [5.74, 6) is 2.53. The molecule has 0 saturated heterocycles. The molecular formula is C15H12. The lowest BCUT2D eigenvalue weighted by molar-refractivity contribution is 1.48. The van der Waals surface area contributed by atoms with Crippen LogP contribution in [0.15, 0.2) is 42.5 Å². The van der Waals surface area contributed by atoms with Gasteiger partial charge in [-0.2, -0.15) is 0 Å². The van der Waals surface area contributed by atoms with E-state index in [1.54, 1.807) is 6.08 Å². The fourth-order valence-corrected chi connectivity index (χ4v) is 1.76. The van der Waals surface area contributed by atoms with Gasteiger partial charge in [-0.3, -0.25) is 0 Å². The lowest BCUT2D eigenvalue weighted by Gasteiger charge is -2.05. The lowest BCUT2D eigenvalue weighted by Crippen LogP contribution is -1.83. The molecule has 0 nitrogen and oxygen atoms in total. The molecule has 0 N–H and O–H groups in total. The average Bonchev–Trinajstić information content (AvgIpc) is 2.28. The molecule has 0 heterocycles. The Bertz CT molecular complexity index is 554. The van der Waals surface area contributed by atoms with Gasteiger partial charge in [0.25, 0.3) is 0 Å².